The summed E-state index contributed by atoms with van der Waals surface area (Å²) in [6.07, 6.45) is 0.147. The first-order valence-electron chi connectivity index (χ1n) is 8.42. The monoisotopic (exact) mass is 372 g/mol. The van der Waals surface area contributed by atoms with Crippen molar-refractivity contribution in [2.24, 2.45) is 5.92 Å². The Labute approximate surface area is 154 Å². The van der Waals surface area contributed by atoms with Gasteiger partial charge in [0.1, 0.15) is 11.9 Å². The third kappa shape index (κ3) is 3.01. The summed E-state index contributed by atoms with van der Waals surface area (Å²) in [4.78, 5) is 9.39. The fourth-order valence-electron chi connectivity index (χ4n) is 3.42. The lowest BCUT2D eigenvalue weighted by atomic mass is 10.1. The van der Waals surface area contributed by atoms with Crippen molar-refractivity contribution in [2.75, 3.05) is 17.7 Å². The zero-order chi connectivity index (χ0) is 18.3. The van der Waals surface area contributed by atoms with Crippen LogP contribution in [0, 0.1) is 5.92 Å². The van der Waals surface area contributed by atoms with Gasteiger partial charge in [-0.2, -0.15) is 4.98 Å². The third-order valence-corrected chi connectivity index (χ3v) is 6.01. The van der Waals surface area contributed by atoms with Crippen molar-refractivity contribution in [1.29, 1.82) is 0 Å². The molecule has 1 aliphatic rings. The number of aliphatic hydroxyl groups is 3. The van der Waals surface area contributed by atoms with Crippen LogP contribution in [0.25, 0.3) is 20.5 Å². The van der Waals surface area contributed by atoms with E-state index >= 15 is 0 Å². The summed E-state index contributed by atoms with van der Waals surface area (Å²) in [5.41, 5.74) is 6.55. The van der Waals surface area contributed by atoms with Crippen LogP contribution >= 0.6 is 11.3 Å². The van der Waals surface area contributed by atoms with Gasteiger partial charge < -0.3 is 26.4 Å². The van der Waals surface area contributed by atoms with E-state index in [9.17, 15) is 15.3 Å². The van der Waals surface area contributed by atoms with E-state index < -0.39 is 18.2 Å². The van der Waals surface area contributed by atoms with Crippen LogP contribution in [0.5, 0.6) is 0 Å². The van der Waals surface area contributed by atoms with Gasteiger partial charge in [0.25, 0.3) is 0 Å². The summed E-state index contributed by atoms with van der Waals surface area (Å²) in [7, 11) is 0. The number of aromatic nitrogens is 2. The number of hydrogen-bond acceptors (Lipinski definition) is 8. The predicted molar refractivity (Wildman–Crippen MR) is 102 cm³/mol. The standard InChI is InChI=1S/C18H20N4O3S/c19-18-20-7-11(14-6-9-3-1-2-4-13(9)26-14)17(22-18)21-12-5-10(8-23)15(24)16(12)25/h1-4,6-7,10,12,15-16,23-25H,5,8H2,(H3,19,20,21,22)/t10-,12-,15-,16+/m1/s1. The van der Waals surface area contributed by atoms with Gasteiger partial charge >= 0.3 is 0 Å². The lowest BCUT2D eigenvalue weighted by molar-refractivity contribution is 0.00446. The molecule has 3 aromatic rings. The van der Waals surface area contributed by atoms with Crippen LogP contribution in [0.4, 0.5) is 11.8 Å². The molecule has 8 heteroatoms. The highest BCUT2D eigenvalue weighted by atomic mass is 32.1. The normalized spacial score (nSPS) is 25.7. The van der Waals surface area contributed by atoms with E-state index in [0.717, 1.165) is 20.5 Å². The number of thiophene rings is 1. The van der Waals surface area contributed by atoms with Gasteiger partial charge in [-0.15, -0.1) is 11.3 Å². The van der Waals surface area contributed by atoms with Crippen molar-refractivity contribution in [2.45, 2.75) is 24.7 Å². The molecule has 4 rings (SSSR count). The molecule has 6 N–H and O–H groups in total. The summed E-state index contributed by atoms with van der Waals surface area (Å²) in [6.45, 7) is -0.175. The molecule has 0 spiro atoms. The van der Waals surface area contributed by atoms with Crippen molar-refractivity contribution in [3.63, 3.8) is 0 Å². The topological polar surface area (TPSA) is 125 Å². The Hall–Kier alpha value is -2.26. The molecule has 0 aliphatic heterocycles. The van der Waals surface area contributed by atoms with Gasteiger partial charge in [0.05, 0.1) is 17.7 Å². The molecule has 1 aliphatic carbocycles. The summed E-state index contributed by atoms with van der Waals surface area (Å²) >= 11 is 1.62. The first-order valence-corrected chi connectivity index (χ1v) is 9.23. The van der Waals surface area contributed by atoms with E-state index in [4.69, 9.17) is 5.73 Å². The molecular weight excluding hydrogens is 352 g/mol. The van der Waals surface area contributed by atoms with E-state index in [1.807, 2.05) is 18.2 Å². The molecule has 0 radical (unpaired) electrons. The number of nitrogens with one attached hydrogen (secondary N) is 1. The second kappa shape index (κ2) is 6.81. The molecule has 1 fully saturated rings. The van der Waals surface area contributed by atoms with Gasteiger partial charge in [-0.25, -0.2) is 4.98 Å². The lowest BCUT2D eigenvalue weighted by Gasteiger charge is -2.20. The molecule has 0 amide bonds. The zero-order valence-electron chi connectivity index (χ0n) is 13.9. The molecule has 2 aromatic heterocycles. The van der Waals surface area contributed by atoms with Crippen molar-refractivity contribution < 1.29 is 15.3 Å². The van der Waals surface area contributed by atoms with Crippen LogP contribution in [0.3, 0.4) is 0 Å². The second-order valence-corrected chi connectivity index (χ2v) is 7.63. The largest absolute Gasteiger partial charge is 0.396 e. The number of nitrogens with zero attached hydrogens (tertiary/aromatic N) is 2. The summed E-state index contributed by atoms with van der Waals surface area (Å²) in [5.74, 6) is 0.275. The van der Waals surface area contributed by atoms with E-state index in [-0.39, 0.29) is 18.5 Å². The van der Waals surface area contributed by atoms with E-state index in [2.05, 4.69) is 27.4 Å². The molecule has 0 bridgehead atoms. The first-order chi connectivity index (χ1) is 12.6. The lowest BCUT2D eigenvalue weighted by Crippen LogP contribution is -2.35. The van der Waals surface area contributed by atoms with Gasteiger partial charge in [0.15, 0.2) is 0 Å². The molecule has 4 atom stereocenters. The molecule has 0 unspecified atom stereocenters. The van der Waals surface area contributed by atoms with Crippen LogP contribution in [0.1, 0.15) is 6.42 Å². The van der Waals surface area contributed by atoms with Crippen molar-refractivity contribution in [1.82, 2.24) is 9.97 Å². The molecule has 26 heavy (non-hydrogen) atoms. The maximum Gasteiger partial charge on any atom is 0.221 e. The average Bonchev–Trinajstić information content (AvgIpc) is 3.18. The molecule has 0 saturated heterocycles. The van der Waals surface area contributed by atoms with Crippen LogP contribution in [-0.2, 0) is 0 Å². The summed E-state index contributed by atoms with van der Waals surface area (Å²) < 4.78 is 1.15. The van der Waals surface area contributed by atoms with Gasteiger partial charge in [0, 0.05) is 28.3 Å². The quantitative estimate of drug-likeness (QED) is 0.469. The average molecular weight is 372 g/mol. The molecule has 7 nitrogen and oxygen atoms in total. The van der Waals surface area contributed by atoms with Gasteiger partial charge in [-0.1, -0.05) is 18.2 Å². The highest BCUT2D eigenvalue weighted by Crippen LogP contribution is 2.38. The highest BCUT2D eigenvalue weighted by Gasteiger charge is 2.41. The Morgan fingerprint density at radius 3 is 2.77 bits per heavy atom. The zero-order valence-corrected chi connectivity index (χ0v) is 14.7. The van der Waals surface area contributed by atoms with E-state index in [1.54, 1.807) is 17.5 Å². The number of anilines is 2. The van der Waals surface area contributed by atoms with Crippen LogP contribution in [0.15, 0.2) is 36.5 Å². The van der Waals surface area contributed by atoms with Crippen molar-refractivity contribution in [3.05, 3.63) is 36.5 Å². The fraction of sp³-hybridized carbons (Fsp3) is 0.333. The number of rotatable bonds is 4. The fourth-order valence-corrected chi connectivity index (χ4v) is 4.50. The molecular formula is C18H20N4O3S. The number of hydrogen-bond donors (Lipinski definition) is 5. The van der Waals surface area contributed by atoms with Crippen LogP contribution in [0.2, 0.25) is 0 Å². The molecule has 1 saturated carbocycles. The second-order valence-electron chi connectivity index (χ2n) is 6.55. The minimum atomic E-state index is -0.987. The summed E-state index contributed by atoms with van der Waals surface area (Å²) in [6, 6.07) is 9.72. The third-order valence-electron chi connectivity index (χ3n) is 4.86. The molecule has 1 aromatic carbocycles. The minimum absolute atomic E-state index is 0.129. The molecule has 136 valence electrons. The number of nitrogens with two attached hydrogens (primary N) is 1. The van der Waals surface area contributed by atoms with Gasteiger partial charge in [-0.05, 0) is 23.9 Å². The Kier molecular flexibility index (Phi) is 4.49. The number of benzene rings is 1. The number of fused-ring (bicyclic) bond motifs is 1. The van der Waals surface area contributed by atoms with E-state index in [1.165, 1.54) is 0 Å². The van der Waals surface area contributed by atoms with Crippen LogP contribution < -0.4 is 11.1 Å². The smallest absolute Gasteiger partial charge is 0.221 e. The Bertz CT molecular complexity index is 899. The number of aliphatic hydroxyl groups excluding tert-OH is 3. The Morgan fingerprint density at radius 2 is 2.04 bits per heavy atom. The molecule has 2 heterocycles. The first kappa shape index (κ1) is 17.2. The van der Waals surface area contributed by atoms with E-state index in [0.29, 0.717) is 12.2 Å². The Morgan fingerprint density at radius 1 is 1.23 bits per heavy atom. The summed E-state index contributed by atoms with van der Waals surface area (Å²) in [5, 5.41) is 34.0. The van der Waals surface area contributed by atoms with Crippen LogP contribution in [-0.4, -0.2) is 50.1 Å². The minimum Gasteiger partial charge on any atom is -0.396 e. The van der Waals surface area contributed by atoms with Crippen molar-refractivity contribution >= 4 is 33.2 Å². The van der Waals surface area contributed by atoms with Gasteiger partial charge in [-0.3, -0.25) is 0 Å². The maximum atomic E-state index is 10.3. The Balaban J connectivity index is 1.69. The highest BCUT2D eigenvalue weighted by molar-refractivity contribution is 7.22. The van der Waals surface area contributed by atoms with Gasteiger partial charge in [0.2, 0.25) is 5.95 Å². The predicted octanol–water partition coefficient (Wildman–Crippen LogP) is 1.45. The number of nitrogen functional groups attached to an aromatic ring is 1. The SMILES string of the molecule is Nc1ncc(-c2cc3ccccc3s2)c(N[C@@H]2C[C@H](CO)[C@@H](O)[C@H]2O)n1. The maximum absolute atomic E-state index is 10.3. The van der Waals surface area contributed by atoms with Crippen molar-refractivity contribution in [3.8, 4) is 10.4 Å².